The molecule has 0 atom stereocenters. The summed E-state index contributed by atoms with van der Waals surface area (Å²) in [4.78, 5) is 35.3. The second-order valence-electron chi connectivity index (χ2n) is 7.95. The summed E-state index contributed by atoms with van der Waals surface area (Å²) in [6.45, 7) is 4.30. The Labute approximate surface area is 195 Å². The Morgan fingerprint density at radius 1 is 0.848 bits per heavy atom. The molecule has 8 nitrogen and oxygen atoms in total. The molecule has 33 heavy (non-hydrogen) atoms. The molecule has 0 aliphatic heterocycles. The van der Waals surface area contributed by atoms with Gasteiger partial charge in [-0.1, -0.05) is 6.58 Å². The maximum Gasteiger partial charge on any atom is 0.330 e. The summed E-state index contributed by atoms with van der Waals surface area (Å²) in [5, 5.41) is 0. The normalized spacial score (nSPS) is 17.6. The Morgan fingerprint density at radius 2 is 1.42 bits per heavy atom. The Morgan fingerprint density at radius 3 is 2.03 bits per heavy atom. The molecule has 0 spiro atoms. The van der Waals surface area contributed by atoms with Crippen molar-refractivity contribution in [2.75, 3.05) is 27.1 Å². The Balaban J connectivity index is 1.60. The number of rotatable bonds is 14. The number of unbranched alkanes of at least 4 members (excludes halogenated alkanes) is 3. The van der Waals surface area contributed by atoms with E-state index in [1.807, 2.05) is 0 Å². The molecule has 0 saturated heterocycles. The molecule has 1 aliphatic rings. The number of benzene rings is 1. The van der Waals surface area contributed by atoms with Crippen molar-refractivity contribution in [3.63, 3.8) is 0 Å². The fraction of sp³-hybridized carbons (Fsp3) is 0.560. The van der Waals surface area contributed by atoms with Gasteiger partial charge in [0.1, 0.15) is 11.5 Å². The number of methoxy groups -OCH3 is 1. The van der Waals surface area contributed by atoms with E-state index in [2.05, 4.69) is 6.58 Å². The van der Waals surface area contributed by atoms with E-state index in [9.17, 15) is 14.4 Å². The van der Waals surface area contributed by atoms with Gasteiger partial charge in [0.15, 0.2) is 6.79 Å². The third-order valence-electron chi connectivity index (χ3n) is 5.47. The van der Waals surface area contributed by atoms with Gasteiger partial charge in [-0.2, -0.15) is 0 Å². The van der Waals surface area contributed by atoms with Gasteiger partial charge in [-0.15, -0.1) is 0 Å². The third-order valence-corrected chi connectivity index (χ3v) is 5.47. The highest BCUT2D eigenvalue weighted by Gasteiger charge is 2.31. The van der Waals surface area contributed by atoms with E-state index < -0.39 is 0 Å². The maximum atomic E-state index is 12.5. The first-order valence-corrected chi connectivity index (χ1v) is 11.4. The Hall–Kier alpha value is -2.87. The molecule has 1 aliphatic carbocycles. The molecule has 2 rings (SSSR count). The highest BCUT2D eigenvalue weighted by molar-refractivity contribution is 5.81. The van der Waals surface area contributed by atoms with Crippen molar-refractivity contribution >= 4 is 17.9 Å². The highest BCUT2D eigenvalue weighted by atomic mass is 16.7. The maximum absolute atomic E-state index is 12.5. The van der Waals surface area contributed by atoms with Crippen LogP contribution >= 0.6 is 0 Å². The van der Waals surface area contributed by atoms with Crippen LogP contribution in [0.5, 0.6) is 11.5 Å². The van der Waals surface area contributed by atoms with E-state index in [1.54, 1.807) is 24.3 Å². The monoisotopic (exact) mass is 462 g/mol. The molecule has 0 amide bonds. The standard InChI is InChI=1S/C25H34O8/c1-3-23(26)31-17-7-5-4-6-16-30-21-12-14-22(15-13-21)33-25(28)20-10-8-19(9-11-20)24(27)32-18-29-2/h3,12-15,19-20H,1,4-11,16-18H2,2H3. The van der Waals surface area contributed by atoms with Gasteiger partial charge in [0.25, 0.3) is 0 Å². The molecule has 1 saturated carbocycles. The van der Waals surface area contributed by atoms with Crippen molar-refractivity contribution in [2.24, 2.45) is 11.8 Å². The van der Waals surface area contributed by atoms with E-state index in [0.717, 1.165) is 31.8 Å². The van der Waals surface area contributed by atoms with Crippen LogP contribution in [-0.2, 0) is 28.6 Å². The average Bonchev–Trinajstić information content (AvgIpc) is 2.85. The SMILES string of the molecule is C=CC(=O)OCCCCCCOc1ccc(OC(=O)C2CCC(C(=O)OCOC)CC2)cc1. The summed E-state index contributed by atoms with van der Waals surface area (Å²) in [6, 6.07) is 6.99. The van der Waals surface area contributed by atoms with E-state index in [1.165, 1.54) is 7.11 Å². The lowest BCUT2D eigenvalue weighted by atomic mass is 9.82. The lowest BCUT2D eigenvalue weighted by molar-refractivity contribution is -0.161. The van der Waals surface area contributed by atoms with Crippen molar-refractivity contribution < 1.29 is 38.1 Å². The van der Waals surface area contributed by atoms with Gasteiger partial charge in [0, 0.05) is 13.2 Å². The fourth-order valence-corrected chi connectivity index (χ4v) is 3.58. The summed E-state index contributed by atoms with van der Waals surface area (Å²) < 4.78 is 25.9. The van der Waals surface area contributed by atoms with Gasteiger partial charge in [-0.05, 0) is 75.6 Å². The van der Waals surface area contributed by atoms with E-state index in [4.69, 9.17) is 23.7 Å². The van der Waals surface area contributed by atoms with E-state index >= 15 is 0 Å². The lowest BCUT2D eigenvalue weighted by Crippen LogP contribution is -2.29. The Kier molecular flexibility index (Phi) is 12.0. The van der Waals surface area contributed by atoms with Crippen LogP contribution in [-0.4, -0.2) is 45.0 Å². The summed E-state index contributed by atoms with van der Waals surface area (Å²) in [6.07, 6.45) is 7.23. The number of hydrogen-bond acceptors (Lipinski definition) is 8. The van der Waals surface area contributed by atoms with Gasteiger partial charge in [-0.25, -0.2) is 4.79 Å². The molecular formula is C25H34O8. The van der Waals surface area contributed by atoms with Crippen molar-refractivity contribution in [3.05, 3.63) is 36.9 Å². The van der Waals surface area contributed by atoms with Crippen LogP contribution in [0.2, 0.25) is 0 Å². The second kappa shape index (κ2) is 15.1. The topological polar surface area (TPSA) is 97.4 Å². The average molecular weight is 463 g/mol. The minimum Gasteiger partial charge on any atom is -0.494 e. The van der Waals surface area contributed by atoms with Crippen molar-refractivity contribution in [1.29, 1.82) is 0 Å². The Bertz CT molecular complexity index is 750. The molecule has 1 fully saturated rings. The summed E-state index contributed by atoms with van der Waals surface area (Å²) in [7, 11) is 1.47. The van der Waals surface area contributed by atoms with Crippen LogP contribution in [0.15, 0.2) is 36.9 Å². The van der Waals surface area contributed by atoms with Crippen LogP contribution in [0.3, 0.4) is 0 Å². The fourth-order valence-electron chi connectivity index (χ4n) is 3.58. The van der Waals surface area contributed by atoms with Crippen molar-refractivity contribution in [1.82, 2.24) is 0 Å². The molecular weight excluding hydrogens is 428 g/mol. The first kappa shape index (κ1) is 26.4. The molecule has 1 aromatic carbocycles. The van der Waals surface area contributed by atoms with Crippen molar-refractivity contribution in [2.45, 2.75) is 51.4 Å². The van der Waals surface area contributed by atoms with Crippen LogP contribution in [0.25, 0.3) is 0 Å². The van der Waals surface area contributed by atoms with Crippen LogP contribution < -0.4 is 9.47 Å². The predicted octanol–water partition coefficient (Wildman–Crippen LogP) is 4.21. The summed E-state index contributed by atoms with van der Waals surface area (Å²) in [5.41, 5.74) is 0. The smallest absolute Gasteiger partial charge is 0.330 e. The lowest BCUT2D eigenvalue weighted by Gasteiger charge is -2.25. The number of esters is 3. The molecule has 8 heteroatoms. The number of carbonyl (C=O) groups excluding carboxylic acids is 3. The van der Waals surface area contributed by atoms with Gasteiger partial charge in [0.05, 0.1) is 25.0 Å². The van der Waals surface area contributed by atoms with Gasteiger partial charge >= 0.3 is 17.9 Å². The van der Waals surface area contributed by atoms with Crippen molar-refractivity contribution in [3.8, 4) is 11.5 Å². The minimum atomic E-state index is -0.389. The van der Waals surface area contributed by atoms with E-state index in [0.29, 0.717) is 50.4 Å². The molecule has 0 aromatic heterocycles. The molecule has 1 aromatic rings. The zero-order chi connectivity index (χ0) is 23.9. The van der Waals surface area contributed by atoms with Crippen LogP contribution in [0, 0.1) is 11.8 Å². The van der Waals surface area contributed by atoms with E-state index in [-0.39, 0.29) is 36.5 Å². The zero-order valence-corrected chi connectivity index (χ0v) is 19.3. The quantitative estimate of drug-likeness (QED) is 0.133. The molecule has 182 valence electrons. The van der Waals surface area contributed by atoms with Gasteiger partial charge in [-0.3, -0.25) is 9.59 Å². The highest BCUT2D eigenvalue weighted by Crippen LogP contribution is 2.31. The van der Waals surface area contributed by atoms with Gasteiger partial charge in [0.2, 0.25) is 0 Å². The molecule has 0 unspecified atom stereocenters. The molecule has 0 N–H and O–H groups in total. The number of carbonyl (C=O) groups is 3. The van der Waals surface area contributed by atoms with Crippen LogP contribution in [0.1, 0.15) is 51.4 Å². The summed E-state index contributed by atoms with van der Waals surface area (Å²) >= 11 is 0. The molecule has 0 radical (unpaired) electrons. The number of ether oxygens (including phenoxy) is 5. The largest absolute Gasteiger partial charge is 0.494 e. The van der Waals surface area contributed by atoms with Gasteiger partial charge < -0.3 is 23.7 Å². The first-order chi connectivity index (χ1) is 16.0. The second-order valence-corrected chi connectivity index (χ2v) is 7.95. The third kappa shape index (κ3) is 10.1. The minimum absolute atomic E-state index is 0.0461. The molecule has 0 bridgehead atoms. The number of hydrogen-bond donors (Lipinski definition) is 0. The summed E-state index contributed by atoms with van der Waals surface area (Å²) in [5.74, 6) is -0.143. The first-order valence-electron chi connectivity index (χ1n) is 11.4. The van der Waals surface area contributed by atoms with Crippen LogP contribution in [0.4, 0.5) is 0 Å². The molecule has 0 heterocycles. The predicted molar refractivity (Wildman–Crippen MR) is 121 cm³/mol. The zero-order valence-electron chi connectivity index (χ0n) is 19.3.